The van der Waals surface area contributed by atoms with Crippen molar-refractivity contribution in [1.29, 1.82) is 0 Å². The molecule has 1 rings (SSSR count). The SMILES string of the molecule is Cc1ncsc1C(=O)NC(CN)CC(C)C.Cl.Cl. The van der Waals surface area contributed by atoms with Gasteiger partial charge in [-0.15, -0.1) is 36.2 Å². The summed E-state index contributed by atoms with van der Waals surface area (Å²) in [6.45, 7) is 6.55. The number of rotatable bonds is 5. The van der Waals surface area contributed by atoms with E-state index in [2.05, 4.69) is 24.1 Å². The van der Waals surface area contributed by atoms with Crippen molar-refractivity contribution in [3.8, 4) is 0 Å². The molecule has 106 valence electrons. The smallest absolute Gasteiger partial charge is 0.263 e. The lowest BCUT2D eigenvalue weighted by Gasteiger charge is -2.18. The average molecular weight is 314 g/mol. The van der Waals surface area contributed by atoms with E-state index in [1.54, 1.807) is 5.51 Å². The molecule has 0 aliphatic heterocycles. The molecule has 18 heavy (non-hydrogen) atoms. The number of hydrogen-bond acceptors (Lipinski definition) is 4. The highest BCUT2D eigenvalue weighted by Crippen LogP contribution is 2.12. The lowest BCUT2D eigenvalue weighted by Crippen LogP contribution is -2.41. The number of thiazole rings is 1. The predicted octanol–water partition coefficient (Wildman–Crippen LogP) is 2.40. The van der Waals surface area contributed by atoms with Gasteiger partial charge < -0.3 is 11.1 Å². The fourth-order valence-corrected chi connectivity index (χ4v) is 2.26. The van der Waals surface area contributed by atoms with Gasteiger partial charge in [-0.05, 0) is 19.3 Å². The van der Waals surface area contributed by atoms with Crippen LogP contribution in [-0.2, 0) is 0 Å². The first kappa shape index (κ1) is 20.0. The molecule has 0 saturated carbocycles. The zero-order chi connectivity index (χ0) is 12.1. The number of carbonyl (C=O) groups is 1. The maximum Gasteiger partial charge on any atom is 0.263 e. The van der Waals surface area contributed by atoms with E-state index >= 15 is 0 Å². The Morgan fingerprint density at radius 3 is 2.50 bits per heavy atom. The fraction of sp³-hybridized carbons (Fsp3) is 0.636. The summed E-state index contributed by atoms with van der Waals surface area (Å²) >= 11 is 1.37. The van der Waals surface area contributed by atoms with E-state index in [0.29, 0.717) is 17.3 Å². The summed E-state index contributed by atoms with van der Waals surface area (Å²) in [5, 5.41) is 2.95. The third-order valence-electron chi connectivity index (χ3n) is 2.33. The first-order valence-electron chi connectivity index (χ1n) is 5.45. The van der Waals surface area contributed by atoms with Crippen LogP contribution in [0.4, 0.5) is 0 Å². The molecule has 3 N–H and O–H groups in total. The van der Waals surface area contributed by atoms with E-state index < -0.39 is 0 Å². The molecule has 0 aromatic carbocycles. The number of nitrogens with zero attached hydrogens (tertiary/aromatic N) is 1. The van der Waals surface area contributed by atoms with Crippen LogP contribution < -0.4 is 11.1 Å². The molecule has 0 aliphatic carbocycles. The van der Waals surface area contributed by atoms with Crippen LogP contribution in [-0.4, -0.2) is 23.5 Å². The molecule has 1 unspecified atom stereocenters. The highest BCUT2D eigenvalue weighted by molar-refractivity contribution is 7.11. The Labute approximate surface area is 125 Å². The van der Waals surface area contributed by atoms with Crippen LogP contribution in [0.3, 0.4) is 0 Å². The lowest BCUT2D eigenvalue weighted by molar-refractivity contribution is 0.0937. The summed E-state index contributed by atoms with van der Waals surface area (Å²) in [5.74, 6) is 0.465. The molecule has 1 aromatic heterocycles. The number of amides is 1. The van der Waals surface area contributed by atoms with E-state index in [9.17, 15) is 4.79 Å². The molecule has 1 atom stereocenters. The molecule has 1 amide bonds. The Balaban J connectivity index is 0. The molecular weight excluding hydrogens is 293 g/mol. The molecular formula is C11H21Cl2N3OS. The lowest BCUT2D eigenvalue weighted by atomic mass is 10.0. The summed E-state index contributed by atoms with van der Waals surface area (Å²) in [6, 6.07) is 0.0500. The molecule has 4 nitrogen and oxygen atoms in total. The quantitative estimate of drug-likeness (QED) is 0.877. The van der Waals surface area contributed by atoms with E-state index in [4.69, 9.17) is 5.73 Å². The first-order chi connectivity index (χ1) is 7.54. The largest absolute Gasteiger partial charge is 0.347 e. The number of carbonyl (C=O) groups excluding carboxylic acids is 1. The van der Waals surface area contributed by atoms with Gasteiger partial charge in [0.25, 0.3) is 5.91 Å². The molecule has 1 aromatic rings. The number of nitrogens with one attached hydrogen (secondary N) is 1. The minimum absolute atomic E-state index is 0. The molecule has 0 spiro atoms. The van der Waals surface area contributed by atoms with Crippen molar-refractivity contribution in [2.45, 2.75) is 33.2 Å². The number of halogens is 2. The second-order valence-electron chi connectivity index (χ2n) is 4.30. The Kier molecular flexibility index (Phi) is 10.6. The third kappa shape index (κ3) is 6.00. The Hall–Kier alpha value is -0.360. The average Bonchev–Trinajstić information content (AvgIpc) is 2.62. The summed E-state index contributed by atoms with van der Waals surface area (Å²) in [5.41, 5.74) is 8.10. The highest BCUT2D eigenvalue weighted by Gasteiger charge is 2.16. The standard InChI is InChI=1S/C11H19N3OS.2ClH/c1-7(2)4-9(5-12)14-11(15)10-8(3)13-6-16-10;;/h6-7,9H,4-5,12H2,1-3H3,(H,14,15);2*1H. The van der Waals surface area contributed by atoms with Crippen molar-refractivity contribution in [3.05, 3.63) is 16.1 Å². The van der Waals surface area contributed by atoms with E-state index in [0.717, 1.165) is 12.1 Å². The Morgan fingerprint density at radius 1 is 1.50 bits per heavy atom. The van der Waals surface area contributed by atoms with Crippen LogP contribution in [0.25, 0.3) is 0 Å². The normalized spacial score (nSPS) is 11.4. The molecule has 0 bridgehead atoms. The van der Waals surface area contributed by atoms with Gasteiger partial charge in [0.1, 0.15) is 4.88 Å². The fourth-order valence-electron chi connectivity index (χ4n) is 1.55. The molecule has 0 fully saturated rings. The second kappa shape index (κ2) is 9.55. The van der Waals surface area contributed by atoms with E-state index in [-0.39, 0.29) is 36.8 Å². The number of aromatic nitrogens is 1. The van der Waals surface area contributed by atoms with Crippen molar-refractivity contribution < 1.29 is 4.79 Å². The highest BCUT2D eigenvalue weighted by atomic mass is 35.5. The van der Waals surface area contributed by atoms with Crippen molar-refractivity contribution in [1.82, 2.24) is 10.3 Å². The Bertz CT molecular complexity index is 358. The van der Waals surface area contributed by atoms with E-state index in [1.165, 1.54) is 11.3 Å². The number of aryl methyl sites for hydroxylation is 1. The van der Waals surface area contributed by atoms with Gasteiger partial charge in [-0.25, -0.2) is 4.98 Å². The molecule has 7 heteroatoms. The third-order valence-corrected chi connectivity index (χ3v) is 3.25. The van der Waals surface area contributed by atoms with Crippen molar-refractivity contribution in [2.24, 2.45) is 11.7 Å². The molecule has 0 saturated heterocycles. The van der Waals surface area contributed by atoms with Crippen LogP contribution in [0.15, 0.2) is 5.51 Å². The molecule has 0 aliphatic rings. The number of hydrogen-bond donors (Lipinski definition) is 2. The maximum atomic E-state index is 11.9. The van der Waals surface area contributed by atoms with Gasteiger partial charge in [-0.2, -0.15) is 0 Å². The van der Waals surface area contributed by atoms with Gasteiger partial charge in [-0.3, -0.25) is 4.79 Å². The van der Waals surface area contributed by atoms with Gasteiger partial charge in [0, 0.05) is 12.6 Å². The molecule has 1 heterocycles. The first-order valence-corrected chi connectivity index (χ1v) is 6.33. The van der Waals surface area contributed by atoms with Crippen LogP contribution in [0.1, 0.15) is 35.6 Å². The van der Waals surface area contributed by atoms with Gasteiger partial charge >= 0.3 is 0 Å². The zero-order valence-corrected chi connectivity index (χ0v) is 13.3. The predicted molar refractivity (Wildman–Crippen MR) is 81.1 cm³/mol. The maximum absolute atomic E-state index is 11.9. The van der Waals surface area contributed by atoms with Crippen molar-refractivity contribution in [2.75, 3.05) is 6.54 Å². The Morgan fingerprint density at radius 2 is 2.11 bits per heavy atom. The monoisotopic (exact) mass is 313 g/mol. The van der Waals surface area contributed by atoms with Crippen LogP contribution in [0, 0.1) is 12.8 Å². The van der Waals surface area contributed by atoms with Crippen molar-refractivity contribution in [3.63, 3.8) is 0 Å². The summed E-state index contributed by atoms with van der Waals surface area (Å²) in [7, 11) is 0. The van der Waals surface area contributed by atoms with Gasteiger partial charge in [0.15, 0.2) is 0 Å². The topological polar surface area (TPSA) is 68.0 Å². The second-order valence-corrected chi connectivity index (χ2v) is 5.16. The molecule has 0 radical (unpaired) electrons. The van der Waals surface area contributed by atoms with Crippen molar-refractivity contribution >= 4 is 42.1 Å². The van der Waals surface area contributed by atoms with Crippen LogP contribution in [0.2, 0.25) is 0 Å². The summed E-state index contributed by atoms with van der Waals surface area (Å²) < 4.78 is 0. The summed E-state index contributed by atoms with van der Waals surface area (Å²) in [6.07, 6.45) is 0.903. The van der Waals surface area contributed by atoms with Crippen LogP contribution >= 0.6 is 36.2 Å². The van der Waals surface area contributed by atoms with Gasteiger partial charge in [-0.1, -0.05) is 13.8 Å². The van der Waals surface area contributed by atoms with Gasteiger partial charge in [0.2, 0.25) is 0 Å². The minimum atomic E-state index is -0.0592. The zero-order valence-electron chi connectivity index (χ0n) is 10.8. The van der Waals surface area contributed by atoms with Crippen LogP contribution in [0.5, 0.6) is 0 Å². The minimum Gasteiger partial charge on any atom is -0.347 e. The van der Waals surface area contributed by atoms with Gasteiger partial charge in [0.05, 0.1) is 11.2 Å². The summed E-state index contributed by atoms with van der Waals surface area (Å²) in [4.78, 5) is 16.6. The number of nitrogens with two attached hydrogens (primary N) is 1. The van der Waals surface area contributed by atoms with E-state index in [1.807, 2.05) is 6.92 Å².